The van der Waals surface area contributed by atoms with Crippen LogP contribution in [-0.2, 0) is 4.79 Å². The van der Waals surface area contributed by atoms with Gasteiger partial charge in [-0.25, -0.2) is 0 Å². The molecule has 0 rings (SSSR count). The molecule has 0 saturated carbocycles. The predicted molar refractivity (Wildman–Crippen MR) is 41.1 cm³/mol. The van der Waals surface area contributed by atoms with Gasteiger partial charge >= 0.3 is 5.97 Å². The largest absolute Gasteiger partial charge is 0.480 e. The van der Waals surface area contributed by atoms with Gasteiger partial charge in [0.05, 0.1) is 6.10 Å². The molecular weight excluding hydrogens is 146 g/mol. The summed E-state index contributed by atoms with van der Waals surface area (Å²) >= 11 is 0. The number of carbonyl (C=O) groups is 1. The van der Waals surface area contributed by atoms with Gasteiger partial charge in [-0.15, -0.1) is 0 Å². The molecule has 0 saturated heterocycles. The molecule has 0 aromatic heterocycles. The summed E-state index contributed by atoms with van der Waals surface area (Å²) in [7, 11) is 0. The van der Waals surface area contributed by atoms with E-state index in [1.165, 1.54) is 0 Å². The summed E-state index contributed by atoms with van der Waals surface area (Å²) < 4.78 is 0. The second-order valence-corrected chi connectivity index (χ2v) is 2.70. The highest BCUT2D eigenvalue weighted by Crippen LogP contribution is 2.09. The Kier molecular flexibility index (Phi) is 4.07. The van der Waals surface area contributed by atoms with Crippen LogP contribution in [-0.4, -0.2) is 28.3 Å². The quantitative estimate of drug-likeness (QED) is 0.533. The van der Waals surface area contributed by atoms with E-state index >= 15 is 0 Å². The average Bonchev–Trinajstić information content (AvgIpc) is 2.00. The average molecular weight is 161 g/mol. The summed E-state index contributed by atoms with van der Waals surface area (Å²) in [6.45, 7) is 3.42. The van der Waals surface area contributed by atoms with Crippen LogP contribution < -0.4 is 5.73 Å². The molecule has 0 fully saturated rings. The molecule has 11 heavy (non-hydrogen) atoms. The van der Waals surface area contributed by atoms with Gasteiger partial charge in [0.1, 0.15) is 6.04 Å². The zero-order chi connectivity index (χ0) is 9.02. The van der Waals surface area contributed by atoms with Crippen molar-refractivity contribution in [3.05, 3.63) is 0 Å². The summed E-state index contributed by atoms with van der Waals surface area (Å²) in [5, 5.41) is 17.7. The number of hydrogen-bond acceptors (Lipinski definition) is 3. The maximum atomic E-state index is 10.3. The second-order valence-electron chi connectivity index (χ2n) is 2.70. The number of hydrogen-bond donors (Lipinski definition) is 3. The van der Waals surface area contributed by atoms with Crippen molar-refractivity contribution in [2.24, 2.45) is 11.7 Å². The lowest BCUT2D eigenvalue weighted by molar-refractivity contribution is -0.140. The Morgan fingerprint density at radius 2 is 2.09 bits per heavy atom. The predicted octanol–water partition coefficient (Wildman–Crippen LogP) is -0.195. The number of nitrogens with two attached hydrogens (primary N) is 1. The number of rotatable bonds is 4. The first kappa shape index (κ1) is 10.4. The van der Waals surface area contributed by atoms with E-state index in [4.69, 9.17) is 10.8 Å². The fraction of sp³-hybridized carbons (Fsp3) is 0.857. The maximum Gasteiger partial charge on any atom is 0.320 e. The Morgan fingerprint density at radius 3 is 2.36 bits per heavy atom. The molecule has 0 aromatic rings. The van der Waals surface area contributed by atoms with E-state index in [0.29, 0.717) is 6.42 Å². The van der Waals surface area contributed by atoms with Crippen molar-refractivity contribution in [2.45, 2.75) is 32.4 Å². The van der Waals surface area contributed by atoms with Crippen molar-refractivity contribution in [2.75, 3.05) is 0 Å². The van der Waals surface area contributed by atoms with Crippen LogP contribution >= 0.6 is 0 Å². The van der Waals surface area contributed by atoms with E-state index in [-0.39, 0.29) is 0 Å². The first-order chi connectivity index (χ1) is 5.00. The summed E-state index contributed by atoms with van der Waals surface area (Å²) in [4.78, 5) is 10.3. The highest BCUT2D eigenvalue weighted by Gasteiger charge is 2.24. The van der Waals surface area contributed by atoms with Crippen molar-refractivity contribution in [3.63, 3.8) is 0 Å². The van der Waals surface area contributed by atoms with E-state index in [1.54, 1.807) is 13.8 Å². The summed E-state index contributed by atoms with van der Waals surface area (Å²) in [6, 6.07) is -0.968. The van der Waals surface area contributed by atoms with Crippen LogP contribution in [0.25, 0.3) is 0 Å². The number of aliphatic hydroxyl groups excluding tert-OH is 1. The first-order valence-electron chi connectivity index (χ1n) is 3.67. The van der Waals surface area contributed by atoms with Gasteiger partial charge in [-0.3, -0.25) is 4.79 Å². The van der Waals surface area contributed by atoms with Gasteiger partial charge in [0.2, 0.25) is 0 Å². The Labute approximate surface area is 66.0 Å². The molecule has 0 spiro atoms. The van der Waals surface area contributed by atoms with Crippen LogP contribution in [0.5, 0.6) is 0 Å². The number of aliphatic hydroxyl groups is 1. The molecule has 4 heteroatoms. The molecule has 0 heterocycles. The van der Waals surface area contributed by atoms with Crippen molar-refractivity contribution >= 4 is 5.97 Å². The van der Waals surface area contributed by atoms with E-state index in [1.807, 2.05) is 0 Å². The molecule has 0 bridgehead atoms. The number of carboxylic acid groups (broad SMARTS) is 1. The van der Waals surface area contributed by atoms with Gasteiger partial charge in [-0.2, -0.15) is 0 Å². The molecule has 0 amide bonds. The van der Waals surface area contributed by atoms with Gasteiger partial charge in [0.15, 0.2) is 0 Å². The smallest absolute Gasteiger partial charge is 0.320 e. The molecule has 66 valence electrons. The van der Waals surface area contributed by atoms with Crippen molar-refractivity contribution < 1.29 is 15.0 Å². The minimum Gasteiger partial charge on any atom is -0.480 e. The first-order valence-corrected chi connectivity index (χ1v) is 3.67. The minimum absolute atomic E-state index is 0.391. The lowest BCUT2D eigenvalue weighted by Gasteiger charge is -2.20. The molecule has 0 radical (unpaired) electrons. The Balaban J connectivity index is 4.00. The molecule has 2 unspecified atom stereocenters. The third-order valence-corrected chi connectivity index (χ3v) is 1.88. The van der Waals surface area contributed by atoms with Crippen LogP contribution in [0.3, 0.4) is 0 Å². The standard InChI is InChI=1S/C7H15NO3/c1-3-5(9)4(2)6(8)7(10)11/h4-6,9H,3,8H2,1-2H3,(H,10,11)/t4?,5?,6-/m0/s1. The molecule has 3 atom stereocenters. The summed E-state index contributed by atoms with van der Waals surface area (Å²) in [5.41, 5.74) is 5.28. The van der Waals surface area contributed by atoms with Gasteiger partial charge in [0, 0.05) is 5.92 Å². The summed E-state index contributed by atoms with van der Waals surface area (Å²) in [6.07, 6.45) is -0.0941. The van der Waals surface area contributed by atoms with Crippen LogP contribution in [0.1, 0.15) is 20.3 Å². The highest BCUT2D eigenvalue weighted by molar-refractivity contribution is 5.73. The van der Waals surface area contributed by atoms with Crippen molar-refractivity contribution in [1.29, 1.82) is 0 Å². The lowest BCUT2D eigenvalue weighted by atomic mass is 9.95. The molecule has 0 aliphatic rings. The van der Waals surface area contributed by atoms with Crippen LogP contribution in [0.4, 0.5) is 0 Å². The molecule has 0 aliphatic carbocycles. The highest BCUT2D eigenvalue weighted by atomic mass is 16.4. The molecule has 4 N–H and O–H groups in total. The Bertz CT molecular complexity index is 138. The number of carboxylic acids is 1. The third kappa shape index (κ3) is 2.86. The van der Waals surface area contributed by atoms with E-state index in [0.717, 1.165) is 0 Å². The lowest BCUT2D eigenvalue weighted by Crippen LogP contribution is -2.41. The normalized spacial score (nSPS) is 18.9. The van der Waals surface area contributed by atoms with Gasteiger partial charge in [-0.05, 0) is 6.42 Å². The van der Waals surface area contributed by atoms with E-state index in [9.17, 15) is 9.90 Å². The molecule has 0 aromatic carbocycles. The topological polar surface area (TPSA) is 83.5 Å². The zero-order valence-corrected chi connectivity index (χ0v) is 6.82. The van der Waals surface area contributed by atoms with Gasteiger partial charge < -0.3 is 15.9 Å². The summed E-state index contributed by atoms with van der Waals surface area (Å²) in [5.74, 6) is -1.46. The maximum absolute atomic E-state index is 10.3. The van der Waals surface area contributed by atoms with Crippen LogP contribution in [0, 0.1) is 5.92 Å². The Morgan fingerprint density at radius 1 is 1.64 bits per heavy atom. The number of aliphatic carboxylic acids is 1. The second kappa shape index (κ2) is 4.31. The van der Waals surface area contributed by atoms with Crippen molar-refractivity contribution in [3.8, 4) is 0 Å². The molecule has 4 nitrogen and oxygen atoms in total. The Hall–Kier alpha value is -0.610. The minimum atomic E-state index is -1.06. The van der Waals surface area contributed by atoms with Gasteiger partial charge in [0.25, 0.3) is 0 Å². The third-order valence-electron chi connectivity index (χ3n) is 1.88. The van der Waals surface area contributed by atoms with E-state index in [2.05, 4.69) is 0 Å². The zero-order valence-electron chi connectivity index (χ0n) is 6.82. The van der Waals surface area contributed by atoms with Crippen LogP contribution in [0.2, 0.25) is 0 Å². The fourth-order valence-electron chi connectivity index (χ4n) is 0.836. The molecule has 0 aliphatic heterocycles. The van der Waals surface area contributed by atoms with Crippen LogP contribution in [0.15, 0.2) is 0 Å². The SMILES string of the molecule is CCC(O)C(C)[C@H](N)C(=O)O. The fourth-order valence-corrected chi connectivity index (χ4v) is 0.836. The monoisotopic (exact) mass is 161 g/mol. The van der Waals surface area contributed by atoms with E-state index < -0.39 is 24.0 Å². The van der Waals surface area contributed by atoms with Gasteiger partial charge in [-0.1, -0.05) is 13.8 Å². The molecular formula is C7H15NO3. The van der Waals surface area contributed by atoms with Crippen molar-refractivity contribution in [1.82, 2.24) is 0 Å².